The molecule has 1 aliphatic carbocycles. The minimum absolute atomic E-state index is 0.0240. The summed E-state index contributed by atoms with van der Waals surface area (Å²) in [4.78, 5) is 25.0. The molecule has 3 aromatic rings. The fourth-order valence-electron chi connectivity index (χ4n) is 5.50. The standard InChI is InChI=1S/C26H29N5O5.C2H6/c1-34-22-5-3-18-23(31-22)17(19(32)13-27-18)6-7-26-10-8-25(9-11-26,15-36-26)28-12-16-2-4-20-24(29-16)30-21(33)14-35-20;1-2/h2-5,13,28,32H,6-12,14-15H2,1H3,(H,29,30,33);1-2H3. The van der Waals surface area contributed by atoms with Crippen molar-refractivity contribution in [2.75, 3.05) is 25.6 Å². The first-order valence-electron chi connectivity index (χ1n) is 13.3. The minimum Gasteiger partial charge on any atom is -0.506 e. The first kappa shape index (κ1) is 26.1. The molecule has 3 N–H and O–H groups in total. The van der Waals surface area contributed by atoms with Gasteiger partial charge in [-0.05, 0) is 56.7 Å². The molecule has 7 rings (SSSR count). The Morgan fingerprint density at radius 3 is 2.68 bits per heavy atom. The van der Waals surface area contributed by atoms with E-state index in [-0.39, 0.29) is 29.4 Å². The van der Waals surface area contributed by atoms with Gasteiger partial charge >= 0.3 is 0 Å². The molecule has 0 unspecified atom stereocenters. The normalized spacial score (nSPS) is 23.6. The van der Waals surface area contributed by atoms with Crippen LogP contribution < -0.4 is 20.1 Å². The lowest BCUT2D eigenvalue weighted by atomic mass is 9.69. The number of aryl methyl sites for hydroxylation is 1. The maximum absolute atomic E-state index is 11.6. The van der Waals surface area contributed by atoms with Crippen molar-refractivity contribution in [3.63, 3.8) is 0 Å². The Hall–Kier alpha value is -3.50. The summed E-state index contributed by atoms with van der Waals surface area (Å²) >= 11 is 0. The van der Waals surface area contributed by atoms with Gasteiger partial charge in [0.25, 0.3) is 5.91 Å². The molecule has 1 amide bonds. The van der Waals surface area contributed by atoms with Crippen LogP contribution in [0.2, 0.25) is 0 Å². The van der Waals surface area contributed by atoms with Crippen molar-refractivity contribution >= 4 is 22.8 Å². The highest BCUT2D eigenvalue weighted by molar-refractivity contribution is 5.94. The number of amides is 1. The maximum atomic E-state index is 11.6. The van der Waals surface area contributed by atoms with Crippen molar-refractivity contribution in [3.05, 3.63) is 41.7 Å². The Balaban J connectivity index is 0.00000144. The smallest absolute Gasteiger partial charge is 0.263 e. The van der Waals surface area contributed by atoms with Crippen molar-refractivity contribution in [1.29, 1.82) is 0 Å². The number of anilines is 1. The summed E-state index contributed by atoms with van der Waals surface area (Å²) in [6.07, 6.45) is 6.86. The molecule has 2 saturated heterocycles. The third kappa shape index (κ3) is 5.10. The first-order chi connectivity index (χ1) is 18.5. The van der Waals surface area contributed by atoms with E-state index in [1.54, 1.807) is 13.2 Å². The second-order valence-electron chi connectivity index (χ2n) is 9.94. The molecule has 0 radical (unpaired) electrons. The zero-order valence-corrected chi connectivity index (χ0v) is 22.2. The van der Waals surface area contributed by atoms with Gasteiger partial charge in [0, 0.05) is 23.7 Å². The number of aromatic nitrogens is 3. The van der Waals surface area contributed by atoms with Gasteiger partial charge in [-0.25, -0.2) is 9.97 Å². The van der Waals surface area contributed by atoms with Crippen LogP contribution in [-0.4, -0.2) is 57.4 Å². The Morgan fingerprint density at radius 2 is 1.95 bits per heavy atom. The van der Waals surface area contributed by atoms with Gasteiger partial charge in [0.05, 0.1) is 42.2 Å². The third-order valence-corrected chi connectivity index (χ3v) is 7.76. The van der Waals surface area contributed by atoms with Crippen molar-refractivity contribution < 1.29 is 24.1 Å². The van der Waals surface area contributed by atoms with Gasteiger partial charge in [-0.15, -0.1) is 0 Å². The lowest BCUT2D eigenvalue weighted by Crippen LogP contribution is -2.61. The lowest BCUT2D eigenvalue weighted by molar-refractivity contribution is -0.165. The average molecular weight is 522 g/mol. The molecule has 202 valence electrons. The van der Waals surface area contributed by atoms with E-state index in [0.717, 1.165) is 48.9 Å². The zero-order chi connectivity index (χ0) is 26.8. The number of pyridine rings is 3. The van der Waals surface area contributed by atoms with Crippen LogP contribution >= 0.6 is 0 Å². The van der Waals surface area contributed by atoms with E-state index in [1.807, 2.05) is 32.0 Å². The van der Waals surface area contributed by atoms with Gasteiger partial charge in [0.15, 0.2) is 18.2 Å². The molecule has 3 fully saturated rings. The van der Waals surface area contributed by atoms with Gasteiger partial charge in [-0.1, -0.05) is 13.8 Å². The van der Waals surface area contributed by atoms with Gasteiger partial charge < -0.3 is 30.0 Å². The molecule has 1 saturated carbocycles. The molecule has 38 heavy (non-hydrogen) atoms. The van der Waals surface area contributed by atoms with Crippen LogP contribution in [-0.2, 0) is 22.5 Å². The first-order valence-corrected chi connectivity index (χ1v) is 13.3. The molecular weight excluding hydrogens is 486 g/mol. The van der Waals surface area contributed by atoms with Gasteiger partial charge in [-0.3, -0.25) is 9.78 Å². The molecule has 6 heterocycles. The fraction of sp³-hybridized carbons (Fsp3) is 0.500. The summed E-state index contributed by atoms with van der Waals surface area (Å²) in [5, 5.41) is 17.0. The molecule has 0 spiro atoms. The number of nitrogens with one attached hydrogen (secondary N) is 2. The van der Waals surface area contributed by atoms with Crippen LogP contribution in [0.15, 0.2) is 30.5 Å². The van der Waals surface area contributed by atoms with E-state index in [9.17, 15) is 9.90 Å². The van der Waals surface area contributed by atoms with E-state index in [2.05, 4.69) is 25.6 Å². The highest BCUT2D eigenvalue weighted by Crippen LogP contribution is 2.46. The number of hydrogen-bond acceptors (Lipinski definition) is 9. The van der Waals surface area contributed by atoms with Crippen LogP contribution in [0.4, 0.5) is 5.82 Å². The van der Waals surface area contributed by atoms with Crippen molar-refractivity contribution in [2.45, 2.75) is 70.1 Å². The Kier molecular flexibility index (Phi) is 7.36. The summed E-state index contributed by atoms with van der Waals surface area (Å²) in [5.74, 6) is 1.54. The quantitative estimate of drug-likeness (QED) is 0.424. The van der Waals surface area contributed by atoms with Crippen LogP contribution in [0.1, 0.15) is 57.2 Å². The van der Waals surface area contributed by atoms with Crippen LogP contribution in [0, 0.1) is 0 Å². The van der Waals surface area contributed by atoms with Crippen LogP contribution in [0.25, 0.3) is 11.0 Å². The molecule has 3 aliphatic heterocycles. The summed E-state index contributed by atoms with van der Waals surface area (Å²) in [6, 6.07) is 7.41. The van der Waals surface area contributed by atoms with Crippen LogP contribution in [0.5, 0.6) is 17.4 Å². The van der Waals surface area contributed by atoms with Gasteiger partial charge in [0.2, 0.25) is 5.88 Å². The van der Waals surface area contributed by atoms with E-state index < -0.39 is 0 Å². The summed E-state index contributed by atoms with van der Waals surface area (Å²) in [6.45, 7) is 5.24. The number of nitrogens with zero attached hydrogens (tertiary/aromatic N) is 3. The summed E-state index contributed by atoms with van der Waals surface area (Å²) < 4.78 is 17.1. The fourth-order valence-corrected chi connectivity index (χ4v) is 5.50. The number of fused-ring (bicyclic) bond motifs is 5. The largest absolute Gasteiger partial charge is 0.506 e. The second-order valence-corrected chi connectivity index (χ2v) is 9.94. The lowest BCUT2D eigenvalue weighted by Gasteiger charge is -2.53. The van der Waals surface area contributed by atoms with E-state index in [4.69, 9.17) is 14.2 Å². The second kappa shape index (κ2) is 10.7. The number of rotatable bonds is 7. The van der Waals surface area contributed by atoms with E-state index in [1.165, 1.54) is 6.20 Å². The monoisotopic (exact) mass is 521 g/mol. The van der Waals surface area contributed by atoms with Gasteiger partial charge in [0.1, 0.15) is 5.75 Å². The van der Waals surface area contributed by atoms with E-state index >= 15 is 0 Å². The number of hydrogen-bond donors (Lipinski definition) is 3. The van der Waals surface area contributed by atoms with Crippen molar-refractivity contribution in [3.8, 4) is 17.4 Å². The topological polar surface area (TPSA) is 128 Å². The molecule has 0 atom stereocenters. The minimum atomic E-state index is -0.198. The molecule has 3 aromatic heterocycles. The molecule has 2 bridgehead atoms. The number of aromatic hydroxyl groups is 1. The molecule has 10 heteroatoms. The number of methoxy groups -OCH3 is 1. The average Bonchev–Trinajstić information content (AvgIpc) is 2.97. The summed E-state index contributed by atoms with van der Waals surface area (Å²) in [5.41, 5.74) is 2.76. The highest BCUT2D eigenvalue weighted by atomic mass is 16.5. The third-order valence-electron chi connectivity index (χ3n) is 7.76. The van der Waals surface area contributed by atoms with Crippen LogP contribution in [0.3, 0.4) is 0 Å². The molecule has 10 nitrogen and oxygen atoms in total. The maximum Gasteiger partial charge on any atom is 0.263 e. The van der Waals surface area contributed by atoms with Crippen molar-refractivity contribution in [1.82, 2.24) is 20.3 Å². The number of carbonyl (C=O) groups is 1. The molecular formula is C28H35N5O5. The summed E-state index contributed by atoms with van der Waals surface area (Å²) in [7, 11) is 1.58. The molecule has 0 aromatic carbocycles. The van der Waals surface area contributed by atoms with E-state index in [0.29, 0.717) is 42.5 Å². The highest BCUT2D eigenvalue weighted by Gasteiger charge is 2.49. The Morgan fingerprint density at radius 1 is 1.13 bits per heavy atom. The predicted octanol–water partition coefficient (Wildman–Crippen LogP) is 3.90. The van der Waals surface area contributed by atoms with Crippen molar-refractivity contribution in [2.24, 2.45) is 0 Å². The number of carbonyl (C=O) groups excluding carboxylic acids is 1. The van der Waals surface area contributed by atoms with Gasteiger partial charge in [-0.2, -0.15) is 0 Å². The Bertz CT molecular complexity index is 1310. The number of ether oxygens (including phenoxy) is 3. The Labute approximate surface area is 222 Å². The predicted molar refractivity (Wildman–Crippen MR) is 143 cm³/mol. The zero-order valence-electron chi connectivity index (χ0n) is 22.2. The SMILES string of the molecule is CC.COc1ccc2ncc(O)c(CCC34CCC(NCc5ccc6c(n5)NC(=O)CO6)(CC3)CO4)c2n1. The molecule has 4 aliphatic rings.